The predicted octanol–water partition coefficient (Wildman–Crippen LogP) is 4.22. The number of aliphatic imine (C=N–C) groups is 1. The Labute approximate surface area is 83.6 Å². The van der Waals surface area contributed by atoms with Gasteiger partial charge in [-0.15, -0.1) is 0 Å². The van der Waals surface area contributed by atoms with Crippen molar-refractivity contribution in [1.29, 1.82) is 0 Å². The first-order chi connectivity index (χ1) is 6.41. The summed E-state index contributed by atoms with van der Waals surface area (Å²) >= 11 is 0. The van der Waals surface area contributed by atoms with Gasteiger partial charge in [0, 0.05) is 6.54 Å². The van der Waals surface area contributed by atoms with Crippen molar-refractivity contribution in [2.75, 3.05) is 6.54 Å². The molecule has 0 atom stereocenters. The molecule has 78 valence electrons. The molecule has 1 nitrogen and oxygen atoms in total. The Morgan fingerprint density at radius 3 is 1.92 bits per heavy atom. The molecule has 0 aromatic carbocycles. The van der Waals surface area contributed by atoms with Crippen molar-refractivity contribution in [3.05, 3.63) is 0 Å². The average Bonchev–Trinajstić information content (AvgIpc) is 2.16. The molecule has 0 spiro atoms. The van der Waals surface area contributed by atoms with Gasteiger partial charge in [-0.25, -0.2) is 0 Å². The van der Waals surface area contributed by atoms with Gasteiger partial charge >= 0.3 is 0 Å². The van der Waals surface area contributed by atoms with Crippen molar-refractivity contribution < 1.29 is 0 Å². The number of rotatable bonds is 9. The average molecular weight is 183 g/mol. The van der Waals surface area contributed by atoms with Crippen LogP contribution in [0.1, 0.15) is 65.2 Å². The Morgan fingerprint density at radius 1 is 0.846 bits per heavy atom. The lowest BCUT2D eigenvalue weighted by atomic mass is 10.1. The highest BCUT2D eigenvalue weighted by molar-refractivity contribution is 5.53. The third-order valence-electron chi connectivity index (χ3n) is 2.32. The van der Waals surface area contributed by atoms with Gasteiger partial charge in [-0.2, -0.15) is 0 Å². The van der Waals surface area contributed by atoms with Gasteiger partial charge in [-0.1, -0.05) is 51.9 Å². The zero-order chi connectivity index (χ0) is 9.78. The second-order valence-electron chi connectivity index (χ2n) is 3.64. The Kier molecular flexibility index (Phi) is 11.4. The van der Waals surface area contributed by atoms with Crippen molar-refractivity contribution in [1.82, 2.24) is 0 Å². The Bertz CT molecular complexity index is 108. The first-order valence-corrected chi connectivity index (χ1v) is 5.86. The summed E-state index contributed by atoms with van der Waals surface area (Å²) in [7, 11) is 0. The molecular weight excluding hydrogens is 158 g/mol. The molecule has 0 rings (SSSR count). The summed E-state index contributed by atoms with van der Waals surface area (Å²) in [5, 5.41) is 0. The van der Waals surface area contributed by atoms with E-state index in [1.165, 1.54) is 51.4 Å². The molecule has 0 bridgehead atoms. The highest BCUT2D eigenvalue weighted by Gasteiger charge is 1.89. The molecule has 0 aliphatic heterocycles. The van der Waals surface area contributed by atoms with E-state index in [1.54, 1.807) is 0 Å². The van der Waals surface area contributed by atoms with E-state index in [0.29, 0.717) is 0 Å². The Hall–Kier alpha value is -0.330. The van der Waals surface area contributed by atoms with Crippen molar-refractivity contribution in [3.63, 3.8) is 0 Å². The molecule has 0 radical (unpaired) electrons. The number of hydrogen-bond donors (Lipinski definition) is 0. The van der Waals surface area contributed by atoms with Gasteiger partial charge in [-0.05, 0) is 19.6 Å². The van der Waals surface area contributed by atoms with Crippen LogP contribution < -0.4 is 0 Å². The van der Waals surface area contributed by atoms with Crippen LogP contribution in [0.5, 0.6) is 0 Å². The van der Waals surface area contributed by atoms with Crippen LogP contribution in [0.3, 0.4) is 0 Å². The molecule has 0 fully saturated rings. The van der Waals surface area contributed by atoms with Gasteiger partial charge < -0.3 is 0 Å². The van der Waals surface area contributed by atoms with E-state index >= 15 is 0 Å². The van der Waals surface area contributed by atoms with Crippen molar-refractivity contribution in [2.45, 2.75) is 65.2 Å². The maximum absolute atomic E-state index is 4.19. The van der Waals surface area contributed by atoms with Crippen molar-refractivity contribution in [2.24, 2.45) is 4.99 Å². The van der Waals surface area contributed by atoms with Crippen LogP contribution in [0.4, 0.5) is 0 Å². The first kappa shape index (κ1) is 12.7. The fourth-order valence-electron chi connectivity index (χ4n) is 1.47. The molecule has 0 amide bonds. The van der Waals surface area contributed by atoms with Gasteiger partial charge in [0.25, 0.3) is 0 Å². The zero-order valence-electron chi connectivity index (χ0n) is 9.39. The lowest BCUT2D eigenvalue weighted by molar-refractivity contribution is 0.578. The van der Waals surface area contributed by atoms with Crippen LogP contribution in [0.2, 0.25) is 0 Å². The Morgan fingerprint density at radius 2 is 1.38 bits per heavy atom. The van der Waals surface area contributed by atoms with Crippen LogP contribution >= 0.6 is 0 Å². The van der Waals surface area contributed by atoms with E-state index in [-0.39, 0.29) is 0 Å². The standard InChI is InChI=1S/C12H25N/c1-3-5-6-7-8-9-10-11-12-13-4-2/h4H,3,5-12H2,1-2H3. The minimum Gasteiger partial charge on any atom is -0.298 e. The van der Waals surface area contributed by atoms with E-state index in [9.17, 15) is 0 Å². The molecule has 0 saturated heterocycles. The largest absolute Gasteiger partial charge is 0.298 e. The van der Waals surface area contributed by atoms with Crippen LogP contribution in [0.15, 0.2) is 4.99 Å². The monoisotopic (exact) mass is 183 g/mol. The van der Waals surface area contributed by atoms with Crippen LogP contribution in [-0.2, 0) is 0 Å². The maximum atomic E-state index is 4.19. The van der Waals surface area contributed by atoms with Crippen molar-refractivity contribution in [3.8, 4) is 0 Å². The van der Waals surface area contributed by atoms with E-state index in [4.69, 9.17) is 0 Å². The van der Waals surface area contributed by atoms with Crippen LogP contribution in [0.25, 0.3) is 0 Å². The molecular formula is C12H25N. The van der Waals surface area contributed by atoms with Crippen LogP contribution in [-0.4, -0.2) is 12.8 Å². The van der Waals surface area contributed by atoms with Gasteiger partial charge in [-0.3, -0.25) is 4.99 Å². The van der Waals surface area contributed by atoms with Gasteiger partial charge in [0.15, 0.2) is 0 Å². The third-order valence-corrected chi connectivity index (χ3v) is 2.32. The van der Waals surface area contributed by atoms with E-state index in [0.717, 1.165) is 6.54 Å². The molecule has 1 heteroatoms. The molecule has 0 unspecified atom stereocenters. The summed E-state index contributed by atoms with van der Waals surface area (Å²) in [4.78, 5) is 4.19. The van der Waals surface area contributed by atoms with Gasteiger partial charge in [0.2, 0.25) is 0 Å². The van der Waals surface area contributed by atoms with Gasteiger partial charge in [0.1, 0.15) is 0 Å². The van der Waals surface area contributed by atoms with E-state index in [1.807, 2.05) is 13.1 Å². The molecule has 0 aliphatic carbocycles. The molecule has 0 heterocycles. The highest BCUT2D eigenvalue weighted by Crippen LogP contribution is 2.08. The zero-order valence-corrected chi connectivity index (χ0v) is 9.39. The van der Waals surface area contributed by atoms with E-state index < -0.39 is 0 Å². The number of nitrogens with zero attached hydrogens (tertiary/aromatic N) is 1. The molecule has 0 saturated carbocycles. The van der Waals surface area contributed by atoms with E-state index in [2.05, 4.69) is 11.9 Å². The fraction of sp³-hybridized carbons (Fsp3) is 0.917. The fourth-order valence-corrected chi connectivity index (χ4v) is 1.47. The second kappa shape index (κ2) is 11.7. The maximum Gasteiger partial charge on any atom is 0.0385 e. The summed E-state index contributed by atoms with van der Waals surface area (Å²) in [6.07, 6.45) is 13.0. The molecule has 0 aromatic heterocycles. The topological polar surface area (TPSA) is 12.4 Å². The third kappa shape index (κ3) is 11.7. The molecule has 13 heavy (non-hydrogen) atoms. The SMILES string of the molecule is CC=NCCCCCCCCCC. The quantitative estimate of drug-likeness (QED) is 0.375. The summed E-state index contributed by atoms with van der Waals surface area (Å²) in [5.74, 6) is 0. The molecule has 0 aromatic rings. The van der Waals surface area contributed by atoms with Crippen LogP contribution in [0, 0.1) is 0 Å². The first-order valence-electron chi connectivity index (χ1n) is 5.86. The smallest absolute Gasteiger partial charge is 0.0385 e. The summed E-state index contributed by atoms with van der Waals surface area (Å²) < 4.78 is 0. The normalized spacial score (nSPS) is 11.2. The number of unbranched alkanes of at least 4 members (excludes halogenated alkanes) is 7. The second-order valence-corrected chi connectivity index (χ2v) is 3.64. The Balaban J connectivity index is 2.83. The highest BCUT2D eigenvalue weighted by atomic mass is 14.7. The predicted molar refractivity (Wildman–Crippen MR) is 61.6 cm³/mol. The molecule has 0 aliphatic rings. The lowest BCUT2D eigenvalue weighted by Crippen LogP contribution is -1.83. The summed E-state index contributed by atoms with van der Waals surface area (Å²) in [5.41, 5.74) is 0. The minimum absolute atomic E-state index is 1.03. The minimum atomic E-state index is 1.03. The van der Waals surface area contributed by atoms with Crippen molar-refractivity contribution >= 4 is 6.21 Å². The van der Waals surface area contributed by atoms with Gasteiger partial charge in [0.05, 0.1) is 0 Å². The summed E-state index contributed by atoms with van der Waals surface area (Å²) in [6.45, 7) is 5.29. The number of hydrogen-bond acceptors (Lipinski definition) is 1. The lowest BCUT2D eigenvalue weighted by Gasteiger charge is -1.99. The summed E-state index contributed by atoms with van der Waals surface area (Å²) in [6, 6.07) is 0. The molecule has 0 N–H and O–H groups in total.